The smallest absolute Gasteiger partial charge is 0.235 e. The molecule has 0 radical (unpaired) electrons. The average Bonchev–Trinajstić information content (AvgIpc) is 2.77. The lowest BCUT2D eigenvalue weighted by Crippen LogP contribution is -2.31. The third-order valence-electron chi connectivity index (χ3n) is 2.37. The lowest BCUT2D eigenvalue weighted by Gasteiger charge is -2.09. The highest BCUT2D eigenvalue weighted by Gasteiger charge is 2.13. The number of H-pyrrole nitrogens is 1. The van der Waals surface area contributed by atoms with E-state index in [1.165, 1.54) is 12.3 Å². The molecular formula is C12H12ClN3O2S. The van der Waals surface area contributed by atoms with Crippen LogP contribution in [-0.4, -0.2) is 26.0 Å². The zero-order valence-electron chi connectivity index (χ0n) is 9.93. The van der Waals surface area contributed by atoms with E-state index in [0.29, 0.717) is 10.0 Å². The molecule has 0 aliphatic carbocycles. The summed E-state index contributed by atoms with van der Waals surface area (Å²) >= 11 is 5.73. The standard InChI is InChI=1S/C12H12ClN3O2S/c1-19(18,12-7-10(13)8-15-12)16-11(17)6-9-2-4-14-5-3-9/h2-5,7-8,15H,1,6H2,(H,16,17,18). The van der Waals surface area contributed by atoms with Crippen LogP contribution in [0, 0.1) is 0 Å². The first kappa shape index (κ1) is 13.6. The molecule has 7 heteroatoms. The van der Waals surface area contributed by atoms with Crippen molar-refractivity contribution in [3.05, 3.63) is 47.4 Å². The molecule has 0 aromatic carbocycles. The number of amides is 1. The Balaban J connectivity index is 2.07. The number of aromatic nitrogens is 2. The Morgan fingerprint density at radius 3 is 2.74 bits per heavy atom. The third kappa shape index (κ3) is 3.59. The van der Waals surface area contributed by atoms with Crippen molar-refractivity contribution in [1.82, 2.24) is 14.7 Å². The molecule has 2 heterocycles. The maximum absolute atomic E-state index is 12.3. The Morgan fingerprint density at radius 1 is 1.47 bits per heavy atom. The first-order valence-corrected chi connectivity index (χ1v) is 7.48. The summed E-state index contributed by atoms with van der Waals surface area (Å²) in [7, 11) is -2.91. The summed E-state index contributed by atoms with van der Waals surface area (Å²) in [5.74, 6) is 3.15. The number of halogens is 1. The summed E-state index contributed by atoms with van der Waals surface area (Å²) in [4.78, 5) is 18.4. The van der Waals surface area contributed by atoms with Gasteiger partial charge >= 0.3 is 0 Å². The highest BCUT2D eigenvalue weighted by molar-refractivity contribution is 7.99. The number of aromatic amines is 1. The van der Waals surface area contributed by atoms with Crippen molar-refractivity contribution in [1.29, 1.82) is 0 Å². The normalized spacial score (nSPS) is 13.7. The molecule has 0 spiro atoms. The molecule has 1 amide bonds. The highest BCUT2D eigenvalue weighted by Crippen LogP contribution is 2.14. The zero-order valence-corrected chi connectivity index (χ0v) is 11.5. The SMILES string of the molecule is C=S(=O)(NC(=O)Cc1ccncc1)c1cc(Cl)c[nH]1. The van der Waals surface area contributed by atoms with E-state index in [0.717, 1.165) is 5.56 Å². The van der Waals surface area contributed by atoms with Crippen LogP contribution < -0.4 is 4.72 Å². The van der Waals surface area contributed by atoms with Crippen LogP contribution in [0.15, 0.2) is 41.8 Å². The Kier molecular flexibility index (Phi) is 3.92. The second-order valence-corrected chi connectivity index (χ2v) is 6.35. The van der Waals surface area contributed by atoms with Crippen LogP contribution in [0.3, 0.4) is 0 Å². The number of pyridine rings is 1. The molecule has 0 fully saturated rings. The van der Waals surface area contributed by atoms with Crippen molar-refractivity contribution in [2.45, 2.75) is 11.4 Å². The van der Waals surface area contributed by atoms with Gasteiger partial charge in [0.05, 0.1) is 21.2 Å². The van der Waals surface area contributed by atoms with Gasteiger partial charge in [0.2, 0.25) is 5.91 Å². The Morgan fingerprint density at radius 2 is 2.16 bits per heavy atom. The largest absolute Gasteiger partial charge is 0.352 e. The molecule has 2 aromatic rings. The number of nitrogens with one attached hydrogen (secondary N) is 2. The van der Waals surface area contributed by atoms with Crippen LogP contribution in [0.5, 0.6) is 0 Å². The molecule has 1 unspecified atom stereocenters. The zero-order chi connectivity index (χ0) is 13.9. The minimum atomic E-state index is -2.91. The van der Waals surface area contributed by atoms with Crippen LogP contribution in [0.1, 0.15) is 5.56 Å². The van der Waals surface area contributed by atoms with Crippen LogP contribution in [0.25, 0.3) is 0 Å². The lowest BCUT2D eigenvalue weighted by molar-refractivity contribution is -0.118. The molecule has 2 aromatic heterocycles. The van der Waals surface area contributed by atoms with Crippen LogP contribution >= 0.6 is 11.6 Å². The van der Waals surface area contributed by atoms with E-state index in [-0.39, 0.29) is 12.3 Å². The van der Waals surface area contributed by atoms with Gasteiger partial charge in [0.25, 0.3) is 0 Å². The molecule has 5 nitrogen and oxygen atoms in total. The second kappa shape index (κ2) is 5.46. The predicted molar refractivity (Wildman–Crippen MR) is 75.4 cm³/mol. The Bertz CT molecular complexity index is 680. The molecule has 1 atom stereocenters. The van der Waals surface area contributed by atoms with E-state index in [4.69, 9.17) is 11.6 Å². The first-order valence-electron chi connectivity index (χ1n) is 5.38. The molecule has 100 valence electrons. The average molecular weight is 298 g/mol. The van der Waals surface area contributed by atoms with E-state index >= 15 is 0 Å². The minimum absolute atomic E-state index is 0.115. The predicted octanol–water partition coefficient (Wildman–Crippen LogP) is 1.41. The van der Waals surface area contributed by atoms with Crippen LogP contribution in [-0.2, 0) is 20.9 Å². The molecule has 0 aliphatic rings. The minimum Gasteiger partial charge on any atom is -0.352 e. The molecular weight excluding hydrogens is 286 g/mol. The molecule has 2 rings (SSSR count). The summed E-state index contributed by atoms with van der Waals surface area (Å²) in [5, 5.41) is 0.704. The van der Waals surface area contributed by atoms with Gasteiger partial charge in [-0.15, -0.1) is 0 Å². The second-order valence-electron chi connectivity index (χ2n) is 3.91. The van der Waals surface area contributed by atoms with Crippen molar-refractivity contribution in [2.75, 3.05) is 0 Å². The fourth-order valence-electron chi connectivity index (χ4n) is 1.50. The van der Waals surface area contributed by atoms with Crippen molar-refractivity contribution < 1.29 is 9.00 Å². The van der Waals surface area contributed by atoms with Crippen LogP contribution in [0.4, 0.5) is 0 Å². The topological polar surface area (TPSA) is 74.8 Å². The van der Waals surface area contributed by atoms with Gasteiger partial charge in [0.15, 0.2) is 0 Å². The van der Waals surface area contributed by atoms with Gasteiger partial charge < -0.3 is 4.98 Å². The Labute approximate surface area is 116 Å². The van der Waals surface area contributed by atoms with Crippen LogP contribution in [0.2, 0.25) is 5.02 Å². The fourth-order valence-corrected chi connectivity index (χ4v) is 2.84. The van der Waals surface area contributed by atoms with E-state index in [1.54, 1.807) is 24.5 Å². The first-order chi connectivity index (χ1) is 8.97. The van der Waals surface area contributed by atoms with E-state index in [9.17, 15) is 9.00 Å². The molecule has 19 heavy (non-hydrogen) atoms. The van der Waals surface area contributed by atoms with Gasteiger partial charge in [-0.1, -0.05) is 11.6 Å². The molecule has 2 N–H and O–H groups in total. The van der Waals surface area contributed by atoms with Gasteiger partial charge in [0.1, 0.15) is 5.03 Å². The number of rotatable bonds is 4. The van der Waals surface area contributed by atoms with Gasteiger partial charge in [-0.3, -0.25) is 14.5 Å². The van der Waals surface area contributed by atoms with Gasteiger partial charge in [-0.2, -0.15) is 0 Å². The summed E-state index contributed by atoms with van der Waals surface area (Å²) in [6, 6.07) is 4.91. The highest BCUT2D eigenvalue weighted by atomic mass is 35.5. The molecule has 0 saturated carbocycles. The maximum Gasteiger partial charge on any atom is 0.235 e. The molecule has 0 bridgehead atoms. The van der Waals surface area contributed by atoms with Gasteiger partial charge in [-0.25, -0.2) is 4.21 Å². The fraction of sp³-hybridized carbons (Fsp3) is 0.0833. The number of hydrogen-bond donors (Lipinski definition) is 2. The van der Waals surface area contributed by atoms with Crippen molar-refractivity contribution >= 4 is 33.1 Å². The van der Waals surface area contributed by atoms with Crippen molar-refractivity contribution in [2.24, 2.45) is 0 Å². The number of carbonyl (C=O) groups is 1. The molecule has 0 aliphatic heterocycles. The number of carbonyl (C=O) groups excluding carboxylic acids is 1. The lowest BCUT2D eigenvalue weighted by atomic mass is 10.2. The Hall–Kier alpha value is -1.79. The van der Waals surface area contributed by atoms with Crippen molar-refractivity contribution in [3.63, 3.8) is 0 Å². The summed E-state index contributed by atoms with van der Waals surface area (Å²) in [5.41, 5.74) is 0.784. The van der Waals surface area contributed by atoms with E-state index in [2.05, 4.69) is 20.6 Å². The van der Waals surface area contributed by atoms with E-state index in [1.807, 2.05) is 0 Å². The van der Waals surface area contributed by atoms with Gasteiger partial charge in [0, 0.05) is 18.6 Å². The van der Waals surface area contributed by atoms with Crippen molar-refractivity contribution in [3.8, 4) is 0 Å². The number of hydrogen-bond acceptors (Lipinski definition) is 3. The third-order valence-corrected chi connectivity index (χ3v) is 4.09. The van der Waals surface area contributed by atoms with E-state index < -0.39 is 9.71 Å². The molecule has 0 saturated heterocycles. The van der Waals surface area contributed by atoms with Gasteiger partial charge in [-0.05, 0) is 29.6 Å². The quantitative estimate of drug-likeness (QED) is 0.838. The summed E-state index contributed by atoms with van der Waals surface area (Å²) in [6.07, 6.45) is 4.78. The number of nitrogens with zero attached hydrogens (tertiary/aromatic N) is 1. The monoisotopic (exact) mass is 297 g/mol. The maximum atomic E-state index is 12.3. The summed E-state index contributed by atoms with van der Waals surface area (Å²) in [6.45, 7) is 0. The summed E-state index contributed by atoms with van der Waals surface area (Å²) < 4.78 is 14.7.